The first-order valence-corrected chi connectivity index (χ1v) is 7.05. The number of hydrogen-bond donors (Lipinski definition) is 1. The zero-order valence-electron chi connectivity index (χ0n) is 11.4. The summed E-state index contributed by atoms with van der Waals surface area (Å²) in [5, 5.41) is 3.03. The van der Waals surface area contributed by atoms with Crippen LogP contribution in [0.5, 0.6) is 5.75 Å². The van der Waals surface area contributed by atoms with Crippen LogP contribution in [0.15, 0.2) is 36.4 Å². The summed E-state index contributed by atoms with van der Waals surface area (Å²) in [4.78, 5) is 11.4. The highest BCUT2D eigenvalue weighted by Crippen LogP contribution is 2.37. The van der Waals surface area contributed by atoms with E-state index in [1.54, 1.807) is 24.3 Å². The van der Waals surface area contributed by atoms with Crippen molar-refractivity contribution >= 4 is 23.2 Å². The lowest BCUT2D eigenvalue weighted by Gasteiger charge is -2.12. The van der Waals surface area contributed by atoms with E-state index in [-0.39, 0.29) is 16.7 Å². The SMILES string of the molecule is O=C1Cc2cc(-c3cccc(OCC(F)F)c3Cl)ccc2N1. The van der Waals surface area contributed by atoms with Crippen molar-refractivity contribution in [3.05, 3.63) is 47.0 Å². The molecule has 0 radical (unpaired) electrons. The minimum atomic E-state index is -2.56. The first-order chi connectivity index (χ1) is 10.5. The molecule has 0 fully saturated rings. The number of alkyl halides is 2. The van der Waals surface area contributed by atoms with Gasteiger partial charge in [0.1, 0.15) is 12.4 Å². The summed E-state index contributed by atoms with van der Waals surface area (Å²) in [6, 6.07) is 10.5. The summed E-state index contributed by atoms with van der Waals surface area (Å²) in [7, 11) is 0. The van der Waals surface area contributed by atoms with Gasteiger partial charge in [-0.1, -0.05) is 29.8 Å². The van der Waals surface area contributed by atoms with E-state index in [0.717, 1.165) is 16.8 Å². The first kappa shape index (κ1) is 14.8. The molecule has 0 aliphatic carbocycles. The normalized spacial score (nSPS) is 13.2. The summed E-state index contributed by atoms with van der Waals surface area (Å²) < 4.78 is 29.5. The van der Waals surface area contributed by atoms with Crippen molar-refractivity contribution in [2.75, 3.05) is 11.9 Å². The van der Waals surface area contributed by atoms with E-state index in [9.17, 15) is 13.6 Å². The molecule has 3 rings (SSSR count). The van der Waals surface area contributed by atoms with Gasteiger partial charge >= 0.3 is 0 Å². The number of ether oxygens (including phenoxy) is 1. The molecule has 0 atom stereocenters. The Labute approximate surface area is 130 Å². The van der Waals surface area contributed by atoms with Crippen LogP contribution < -0.4 is 10.1 Å². The fourth-order valence-electron chi connectivity index (χ4n) is 2.39. The van der Waals surface area contributed by atoms with Crippen LogP contribution >= 0.6 is 11.6 Å². The van der Waals surface area contributed by atoms with E-state index in [1.807, 2.05) is 12.1 Å². The van der Waals surface area contributed by atoms with Gasteiger partial charge in [0.25, 0.3) is 6.43 Å². The summed E-state index contributed by atoms with van der Waals surface area (Å²) >= 11 is 6.25. The summed E-state index contributed by atoms with van der Waals surface area (Å²) in [6.07, 6.45) is -2.24. The average Bonchev–Trinajstić information content (AvgIpc) is 2.85. The molecule has 0 saturated carbocycles. The Kier molecular flexibility index (Phi) is 3.98. The summed E-state index contributed by atoms with van der Waals surface area (Å²) in [5.41, 5.74) is 3.16. The van der Waals surface area contributed by atoms with Crippen LogP contribution in [0.4, 0.5) is 14.5 Å². The topological polar surface area (TPSA) is 38.3 Å². The van der Waals surface area contributed by atoms with Crippen molar-refractivity contribution in [2.24, 2.45) is 0 Å². The molecule has 1 aliphatic heterocycles. The maximum atomic E-state index is 12.3. The van der Waals surface area contributed by atoms with Gasteiger partial charge in [-0.25, -0.2) is 8.78 Å². The van der Waals surface area contributed by atoms with Crippen LogP contribution in [0.25, 0.3) is 11.1 Å². The predicted octanol–water partition coefficient (Wildman–Crippen LogP) is 4.15. The Bertz CT molecular complexity index is 734. The van der Waals surface area contributed by atoms with Gasteiger partial charge in [0.05, 0.1) is 11.4 Å². The number of rotatable bonds is 4. The Hall–Kier alpha value is -2.14. The first-order valence-electron chi connectivity index (χ1n) is 6.67. The van der Waals surface area contributed by atoms with E-state index in [4.69, 9.17) is 16.3 Å². The zero-order chi connectivity index (χ0) is 15.7. The smallest absolute Gasteiger partial charge is 0.272 e. The molecule has 1 amide bonds. The van der Waals surface area contributed by atoms with E-state index < -0.39 is 13.0 Å². The zero-order valence-corrected chi connectivity index (χ0v) is 12.2. The van der Waals surface area contributed by atoms with E-state index in [2.05, 4.69) is 5.32 Å². The van der Waals surface area contributed by atoms with Crippen LogP contribution in [0.1, 0.15) is 5.56 Å². The minimum Gasteiger partial charge on any atom is -0.486 e. The average molecular weight is 324 g/mol. The van der Waals surface area contributed by atoms with E-state index >= 15 is 0 Å². The number of carbonyl (C=O) groups excluding carboxylic acids is 1. The van der Waals surface area contributed by atoms with Crippen LogP contribution in [0.3, 0.4) is 0 Å². The lowest BCUT2D eigenvalue weighted by molar-refractivity contribution is -0.115. The van der Waals surface area contributed by atoms with Gasteiger partial charge < -0.3 is 10.1 Å². The van der Waals surface area contributed by atoms with Gasteiger partial charge in [-0.2, -0.15) is 0 Å². The quantitative estimate of drug-likeness (QED) is 0.918. The molecule has 0 aromatic heterocycles. The molecule has 1 heterocycles. The second-order valence-corrected chi connectivity index (χ2v) is 5.29. The summed E-state index contributed by atoms with van der Waals surface area (Å²) in [5.74, 6) is 0.168. The van der Waals surface area contributed by atoms with Gasteiger partial charge in [-0.15, -0.1) is 0 Å². The monoisotopic (exact) mass is 323 g/mol. The van der Waals surface area contributed by atoms with Crippen LogP contribution in [0.2, 0.25) is 5.02 Å². The van der Waals surface area contributed by atoms with Crippen LogP contribution in [0, 0.1) is 0 Å². The molecule has 0 bridgehead atoms. The minimum absolute atomic E-state index is 0.0488. The Balaban J connectivity index is 1.94. The molecule has 1 aliphatic rings. The number of hydrogen-bond acceptors (Lipinski definition) is 2. The van der Waals surface area contributed by atoms with E-state index in [0.29, 0.717) is 12.0 Å². The third-order valence-electron chi connectivity index (χ3n) is 3.37. The van der Waals surface area contributed by atoms with Crippen molar-refractivity contribution < 1.29 is 18.3 Å². The van der Waals surface area contributed by atoms with Crippen molar-refractivity contribution in [1.82, 2.24) is 0 Å². The van der Waals surface area contributed by atoms with Crippen molar-refractivity contribution in [2.45, 2.75) is 12.8 Å². The second-order valence-electron chi connectivity index (χ2n) is 4.92. The lowest BCUT2D eigenvalue weighted by Crippen LogP contribution is -2.07. The molecule has 2 aromatic rings. The molecule has 0 saturated heterocycles. The highest BCUT2D eigenvalue weighted by atomic mass is 35.5. The van der Waals surface area contributed by atoms with Crippen molar-refractivity contribution in [1.29, 1.82) is 0 Å². The molecular weight excluding hydrogens is 312 g/mol. The Morgan fingerprint density at radius 3 is 2.86 bits per heavy atom. The number of fused-ring (bicyclic) bond motifs is 1. The van der Waals surface area contributed by atoms with E-state index in [1.165, 1.54) is 0 Å². The highest BCUT2D eigenvalue weighted by Gasteiger charge is 2.19. The van der Waals surface area contributed by atoms with Gasteiger partial charge in [-0.05, 0) is 29.3 Å². The molecule has 0 unspecified atom stereocenters. The van der Waals surface area contributed by atoms with Gasteiger partial charge in [-0.3, -0.25) is 4.79 Å². The number of anilines is 1. The van der Waals surface area contributed by atoms with Crippen LogP contribution in [-0.2, 0) is 11.2 Å². The maximum absolute atomic E-state index is 12.3. The van der Waals surface area contributed by atoms with Gasteiger partial charge in [0, 0.05) is 11.3 Å². The van der Waals surface area contributed by atoms with Gasteiger partial charge in [0.2, 0.25) is 5.91 Å². The third-order valence-corrected chi connectivity index (χ3v) is 3.76. The number of halogens is 3. The lowest BCUT2D eigenvalue weighted by atomic mass is 10.0. The number of nitrogens with one attached hydrogen (secondary N) is 1. The number of benzene rings is 2. The summed E-state index contributed by atoms with van der Waals surface area (Å²) in [6.45, 7) is -0.703. The maximum Gasteiger partial charge on any atom is 0.272 e. The van der Waals surface area contributed by atoms with Crippen LogP contribution in [-0.4, -0.2) is 18.9 Å². The second kappa shape index (κ2) is 5.93. The molecule has 0 spiro atoms. The fraction of sp³-hybridized carbons (Fsp3) is 0.188. The molecule has 1 N–H and O–H groups in total. The molecule has 3 nitrogen and oxygen atoms in total. The standard InChI is InChI=1S/C16H12ClF2NO2/c17-16-11(2-1-3-13(16)22-8-14(18)19)9-4-5-12-10(6-9)7-15(21)20-12/h1-6,14H,7-8H2,(H,20,21). The molecule has 114 valence electrons. The Morgan fingerprint density at radius 1 is 1.27 bits per heavy atom. The molecular formula is C16H12ClF2NO2. The molecule has 22 heavy (non-hydrogen) atoms. The van der Waals surface area contributed by atoms with Crippen molar-refractivity contribution in [3.8, 4) is 16.9 Å². The predicted molar refractivity (Wildman–Crippen MR) is 80.7 cm³/mol. The Morgan fingerprint density at radius 2 is 2.09 bits per heavy atom. The molecule has 2 aromatic carbocycles. The number of carbonyl (C=O) groups is 1. The van der Waals surface area contributed by atoms with Crippen molar-refractivity contribution in [3.63, 3.8) is 0 Å². The number of amides is 1. The highest BCUT2D eigenvalue weighted by molar-refractivity contribution is 6.34. The van der Waals surface area contributed by atoms with Gasteiger partial charge in [0.15, 0.2) is 0 Å². The third kappa shape index (κ3) is 2.90. The largest absolute Gasteiger partial charge is 0.486 e. The fourth-order valence-corrected chi connectivity index (χ4v) is 2.68. The molecule has 6 heteroatoms.